The van der Waals surface area contributed by atoms with E-state index in [1.165, 1.54) is 7.11 Å². The normalized spacial score (nSPS) is 11.5. The number of ether oxygens (including phenoxy) is 1. The fourth-order valence-electron chi connectivity index (χ4n) is 3.03. The Bertz CT molecular complexity index is 1140. The van der Waals surface area contributed by atoms with E-state index < -0.39 is 10.0 Å². The topological polar surface area (TPSA) is 88.3 Å². The fourth-order valence-corrected chi connectivity index (χ4v) is 4.54. The molecule has 0 aliphatic rings. The minimum absolute atomic E-state index is 0.195. The van der Waals surface area contributed by atoms with E-state index in [1.54, 1.807) is 57.2 Å². The van der Waals surface area contributed by atoms with Crippen LogP contribution in [0.15, 0.2) is 46.1 Å². The van der Waals surface area contributed by atoms with Crippen LogP contribution in [0.1, 0.15) is 16.7 Å². The molecule has 136 valence electrons. The number of pyridine rings is 1. The van der Waals surface area contributed by atoms with Gasteiger partial charge in [-0.3, -0.25) is 9.52 Å². The Morgan fingerprint density at radius 2 is 1.62 bits per heavy atom. The summed E-state index contributed by atoms with van der Waals surface area (Å²) in [5, 5.41) is 0.835. The lowest BCUT2D eigenvalue weighted by molar-refractivity contribution is 0.413. The highest BCUT2D eigenvalue weighted by Crippen LogP contribution is 2.28. The van der Waals surface area contributed by atoms with E-state index in [-0.39, 0.29) is 10.5 Å². The number of anilines is 1. The van der Waals surface area contributed by atoms with Crippen LogP contribution < -0.4 is 15.0 Å². The molecule has 3 rings (SSSR count). The molecular formula is C19H20N2O4S. The number of benzene rings is 2. The van der Waals surface area contributed by atoms with Gasteiger partial charge in [0.15, 0.2) is 0 Å². The molecule has 0 amide bonds. The SMILES string of the molecule is COc1cc(C)c(S(=O)(=O)Nc2ccc3cc(C)c(=O)[nH]c3c2)c(C)c1. The zero-order valence-electron chi connectivity index (χ0n) is 15.0. The van der Waals surface area contributed by atoms with E-state index in [9.17, 15) is 13.2 Å². The van der Waals surface area contributed by atoms with Gasteiger partial charge in [0.25, 0.3) is 15.6 Å². The molecule has 0 aliphatic carbocycles. The Balaban J connectivity index is 2.04. The maximum Gasteiger partial charge on any atom is 0.262 e. The summed E-state index contributed by atoms with van der Waals surface area (Å²) in [6, 6.07) is 10.2. The summed E-state index contributed by atoms with van der Waals surface area (Å²) in [7, 11) is -2.24. The van der Waals surface area contributed by atoms with Gasteiger partial charge in [0, 0.05) is 5.56 Å². The van der Waals surface area contributed by atoms with Gasteiger partial charge in [-0.25, -0.2) is 8.42 Å². The summed E-state index contributed by atoms with van der Waals surface area (Å²) in [6.45, 7) is 5.18. The number of fused-ring (bicyclic) bond motifs is 1. The van der Waals surface area contributed by atoms with Gasteiger partial charge in [-0.1, -0.05) is 6.07 Å². The van der Waals surface area contributed by atoms with Crippen LogP contribution in [0.2, 0.25) is 0 Å². The van der Waals surface area contributed by atoms with Crippen molar-refractivity contribution in [3.63, 3.8) is 0 Å². The van der Waals surface area contributed by atoms with Gasteiger partial charge < -0.3 is 9.72 Å². The molecule has 0 saturated carbocycles. The maximum absolute atomic E-state index is 12.9. The van der Waals surface area contributed by atoms with Crippen molar-refractivity contribution >= 4 is 26.6 Å². The third-order valence-corrected chi connectivity index (χ3v) is 5.91. The van der Waals surface area contributed by atoms with Crippen molar-refractivity contribution in [2.24, 2.45) is 0 Å². The van der Waals surface area contributed by atoms with Crippen molar-refractivity contribution in [2.45, 2.75) is 25.7 Å². The van der Waals surface area contributed by atoms with Crippen molar-refractivity contribution < 1.29 is 13.2 Å². The molecule has 26 heavy (non-hydrogen) atoms. The number of sulfonamides is 1. The molecule has 3 aromatic rings. The van der Waals surface area contributed by atoms with Crippen molar-refractivity contribution in [2.75, 3.05) is 11.8 Å². The monoisotopic (exact) mass is 372 g/mol. The third kappa shape index (κ3) is 3.30. The molecule has 0 radical (unpaired) electrons. The number of aromatic nitrogens is 1. The summed E-state index contributed by atoms with van der Waals surface area (Å²) in [5.41, 5.74) is 2.56. The Hall–Kier alpha value is -2.80. The Labute approximate surface area is 151 Å². The molecule has 7 heteroatoms. The summed E-state index contributed by atoms with van der Waals surface area (Å²) in [6.07, 6.45) is 0. The van der Waals surface area contributed by atoms with Crippen molar-refractivity contribution in [3.8, 4) is 5.75 Å². The van der Waals surface area contributed by atoms with E-state index in [0.29, 0.717) is 33.6 Å². The number of hydrogen-bond donors (Lipinski definition) is 2. The zero-order valence-corrected chi connectivity index (χ0v) is 15.8. The zero-order chi connectivity index (χ0) is 19.1. The lowest BCUT2D eigenvalue weighted by Crippen LogP contribution is -2.16. The number of H-pyrrole nitrogens is 1. The summed E-state index contributed by atoms with van der Waals surface area (Å²) >= 11 is 0. The second-order valence-corrected chi connectivity index (χ2v) is 7.90. The minimum Gasteiger partial charge on any atom is -0.497 e. The van der Waals surface area contributed by atoms with Crippen LogP contribution in [0.25, 0.3) is 10.9 Å². The van der Waals surface area contributed by atoms with Crippen molar-refractivity contribution in [3.05, 3.63) is 63.4 Å². The van der Waals surface area contributed by atoms with Crippen LogP contribution in [0.3, 0.4) is 0 Å². The maximum atomic E-state index is 12.9. The predicted molar refractivity (Wildman–Crippen MR) is 103 cm³/mol. The number of aromatic amines is 1. The van der Waals surface area contributed by atoms with E-state index in [1.807, 2.05) is 0 Å². The number of aryl methyl sites for hydroxylation is 3. The van der Waals surface area contributed by atoms with E-state index in [4.69, 9.17) is 4.74 Å². The van der Waals surface area contributed by atoms with Gasteiger partial charge >= 0.3 is 0 Å². The predicted octanol–water partition coefficient (Wildman–Crippen LogP) is 3.26. The molecule has 0 saturated heterocycles. The number of methoxy groups -OCH3 is 1. The highest BCUT2D eigenvalue weighted by atomic mass is 32.2. The molecule has 6 nitrogen and oxygen atoms in total. The second kappa shape index (κ2) is 6.49. The Morgan fingerprint density at radius 1 is 0.962 bits per heavy atom. The third-order valence-electron chi connectivity index (χ3n) is 4.22. The average molecular weight is 372 g/mol. The number of nitrogens with one attached hydrogen (secondary N) is 2. The molecule has 1 heterocycles. The minimum atomic E-state index is -3.78. The Kier molecular flexibility index (Phi) is 4.50. The van der Waals surface area contributed by atoms with Crippen LogP contribution >= 0.6 is 0 Å². The summed E-state index contributed by atoms with van der Waals surface area (Å²) in [4.78, 5) is 14.8. The van der Waals surface area contributed by atoms with Gasteiger partial charge in [-0.05, 0) is 67.6 Å². The molecule has 0 aliphatic heterocycles. The van der Waals surface area contributed by atoms with Gasteiger partial charge in [0.1, 0.15) is 5.75 Å². The van der Waals surface area contributed by atoms with Crippen LogP contribution in [-0.4, -0.2) is 20.5 Å². The average Bonchev–Trinajstić information content (AvgIpc) is 2.54. The second-order valence-electron chi connectivity index (χ2n) is 6.28. The highest BCUT2D eigenvalue weighted by molar-refractivity contribution is 7.92. The van der Waals surface area contributed by atoms with Gasteiger partial charge in [-0.15, -0.1) is 0 Å². The van der Waals surface area contributed by atoms with Crippen LogP contribution in [0.4, 0.5) is 5.69 Å². The van der Waals surface area contributed by atoms with Gasteiger partial charge in [0.2, 0.25) is 0 Å². The largest absolute Gasteiger partial charge is 0.497 e. The molecule has 0 atom stereocenters. The van der Waals surface area contributed by atoms with Gasteiger partial charge in [0.05, 0.1) is 23.2 Å². The smallest absolute Gasteiger partial charge is 0.262 e. The van der Waals surface area contributed by atoms with Crippen molar-refractivity contribution in [1.29, 1.82) is 0 Å². The van der Waals surface area contributed by atoms with E-state index >= 15 is 0 Å². The van der Waals surface area contributed by atoms with Crippen molar-refractivity contribution in [1.82, 2.24) is 4.98 Å². The van der Waals surface area contributed by atoms with Crippen LogP contribution in [-0.2, 0) is 10.0 Å². The molecule has 1 aromatic heterocycles. The molecule has 0 bridgehead atoms. The van der Waals surface area contributed by atoms with Crippen LogP contribution in [0, 0.1) is 20.8 Å². The Morgan fingerprint density at radius 3 is 2.23 bits per heavy atom. The molecule has 2 N–H and O–H groups in total. The number of hydrogen-bond acceptors (Lipinski definition) is 4. The highest BCUT2D eigenvalue weighted by Gasteiger charge is 2.21. The summed E-state index contributed by atoms with van der Waals surface area (Å²) < 4.78 is 33.5. The lowest BCUT2D eigenvalue weighted by atomic mass is 10.1. The first kappa shape index (κ1) is 18.0. The quantitative estimate of drug-likeness (QED) is 0.736. The standard InChI is InChI=1S/C19H20N2O4S/c1-11-8-16(25-4)9-12(2)18(11)26(23,24)21-15-6-5-14-7-13(3)19(22)20-17(14)10-15/h5-10,21H,1-4H3,(H,20,22). The molecular weight excluding hydrogens is 352 g/mol. The van der Waals surface area contributed by atoms with E-state index in [0.717, 1.165) is 5.39 Å². The first-order valence-electron chi connectivity index (χ1n) is 8.03. The molecule has 0 unspecified atom stereocenters. The first-order valence-corrected chi connectivity index (χ1v) is 9.51. The molecule has 0 spiro atoms. The van der Waals surface area contributed by atoms with Crippen LogP contribution in [0.5, 0.6) is 5.75 Å². The van der Waals surface area contributed by atoms with Gasteiger partial charge in [-0.2, -0.15) is 0 Å². The molecule has 2 aromatic carbocycles. The fraction of sp³-hybridized carbons (Fsp3) is 0.211. The first-order chi connectivity index (χ1) is 12.2. The summed E-state index contributed by atoms with van der Waals surface area (Å²) in [5.74, 6) is 0.609. The number of rotatable bonds is 4. The molecule has 0 fully saturated rings. The van der Waals surface area contributed by atoms with E-state index in [2.05, 4.69) is 9.71 Å². The lowest BCUT2D eigenvalue weighted by Gasteiger charge is -2.14.